The Kier molecular flexibility index (Phi) is 4.08. The van der Waals surface area contributed by atoms with Gasteiger partial charge in [0.05, 0.1) is 12.2 Å². The monoisotopic (exact) mass is 342 g/mol. The second-order valence-electron chi connectivity index (χ2n) is 7.39. The summed E-state index contributed by atoms with van der Waals surface area (Å²) in [7, 11) is 1.99. The molecule has 1 amide bonds. The molecule has 134 valence electrons. The number of nitrogens with zero attached hydrogens (tertiary/aromatic N) is 2. The summed E-state index contributed by atoms with van der Waals surface area (Å²) in [6.45, 7) is 4.04. The topological polar surface area (TPSA) is 54.7 Å². The number of aliphatic hydroxyl groups is 1. The fraction of sp³-hybridized carbons (Fsp3) is 0.550. The van der Waals surface area contributed by atoms with Gasteiger partial charge < -0.3 is 19.3 Å². The van der Waals surface area contributed by atoms with Gasteiger partial charge in [0.1, 0.15) is 0 Å². The van der Waals surface area contributed by atoms with Gasteiger partial charge in [-0.1, -0.05) is 6.07 Å². The zero-order valence-electron chi connectivity index (χ0n) is 14.9. The molecule has 25 heavy (non-hydrogen) atoms. The van der Waals surface area contributed by atoms with Crippen molar-refractivity contribution in [3.05, 3.63) is 36.0 Å². The summed E-state index contributed by atoms with van der Waals surface area (Å²) in [4.78, 5) is 15.0. The number of benzene rings is 1. The summed E-state index contributed by atoms with van der Waals surface area (Å²) < 4.78 is 7.85. The Morgan fingerprint density at radius 3 is 2.76 bits per heavy atom. The van der Waals surface area contributed by atoms with Crippen molar-refractivity contribution in [3.63, 3.8) is 0 Å². The Morgan fingerprint density at radius 1 is 1.32 bits per heavy atom. The number of amides is 1. The minimum Gasteiger partial charge on any atom is -0.392 e. The maximum atomic E-state index is 13.1. The van der Waals surface area contributed by atoms with Crippen LogP contribution in [0.15, 0.2) is 30.5 Å². The Balaban J connectivity index is 1.51. The van der Waals surface area contributed by atoms with Crippen LogP contribution in [-0.4, -0.2) is 52.4 Å². The molecule has 1 saturated carbocycles. The van der Waals surface area contributed by atoms with E-state index in [2.05, 4.69) is 0 Å². The minimum absolute atomic E-state index is 0.0911. The first-order chi connectivity index (χ1) is 12.1. The molecule has 2 unspecified atom stereocenters. The summed E-state index contributed by atoms with van der Waals surface area (Å²) in [5.74, 6) is 0.0911. The van der Waals surface area contributed by atoms with Crippen LogP contribution < -0.4 is 0 Å². The van der Waals surface area contributed by atoms with Crippen molar-refractivity contribution in [1.82, 2.24) is 9.47 Å². The third kappa shape index (κ3) is 2.49. The van der Waals surface area contributed by atoms with Crippen LogP contribution in [0.5, 0.6) is 0 Å². The van der Waals surface area contributed by atoms with E-state index >= 15 is 0 Å². The predicted molar refractivity (Wildman–Crippen MR) is 96.5 cm³/mol. The van der Waals surface area contributed by atoms with Gasteiger partial charge in [-0.05, 0) is 38.0 Å². The summed E-state index contributed by atoms with van der Waals surface area (Å²) in [5.41, 5.74) is 1.70. The molecule has 2 atom stereocenters. The Morgan fingerprint density at radius 2 is 2.08 bits per heavy atom. The average molecular weight is 342 g/mol. The van der Waals surface area contributed by atoms with E-state index in [0.717, 1.165) is 35.7 Å². The van der Waals surface area contributed by atoms with Gasteiger partial charge >= 0.3 is 0 Å². The first kappa shape index (κ1) is 16.6. The number of hydrogen-bond donors (Lipinski definition) is 1. The largest absolute Gasteiger partial charge is 0.392 e. The second-order valence-corrected chi connectivity index (χ2v) is 7.39. The summed E-state index contributed by atoms with van der Waals surface area (Å²) >= 11 is 0. The Hall–Kier alpha value is -1.85. The number of piperidine rings is 1. The molecule has 1 spiro atoms. The molecule has 1 aliphatic carbocycles. The molecule has 1 aromatic heterocycles. The fourth-order valence-electron chi connectivity index (χ4n) is 4.60. The molecule has 2 aromatic rings. The lowest BCUT2D eigenvalue weighted by atomic mass is 9.58. The number of likely N-dealkylation sites (tertiary alicyclic amines) is 1. The van der Waals surface area contributed by atoms with E-state index in [1.54, 1.807) is 0 Å². The van der Waals surface area contributed by atoms with Crippen LogP contribution in [0.25, 0.3) is 10.9 Å². The highest BCUT2D eigenvalue weighted by atomic mass is 16.5. The Bertz CT molecular complexity index is 787. The van der Waals surface area contributed by atoms with Gasteiger partial charge in [0.15, 0.2) is 0 Å². The smallest absolute Gasteiger partial charge is 0.254 e. The van der Waals surface area contributed by atoms with Crippen molar-refractivity contribution >= 4 is 16.8 Å². The van der Waals surface area contributed by atoms with E-state index in [0.29, 0.717) is 19.7 Å². The standard InChI is InChI=1S/C20H26N2O3/c1-3-25-18-13-17(23)20(18)8-11-22(12-9-20)19(24)15-5-4-6-16-14(15)7-10-21(16)2/h4-7,10,17-18,23H,3,8-9,11-13H2,1-2H3. The molecule has 1 saturated heterocycles. The van der Waals surface area contributed by atoms with E-state index in [1.807, 2.05) is 53.9 Å². The lowest BCUT2D eigenvalue weighted by molar-refractivity contribution is -0.207. The molecule has 1 aromatic carbocycles. The SMILES string of the molecule is CCOC1CC(O)C12CCN(C(=O)c1cccc3c1ccn3C)CC2. The fourth-order valence-corrected chi connectivity index (χ4v) is 4.60. The predicted octanol–water partition coefficient (Wildman–Crippen LogP) is 2.57. The average Bonchev–Trinajstić information content (AvgIpc) is 3.02. The number of rotatable bonds is 3. The van der Waals surface area contributed by atoms with Crippen LogP contribution in [0.3, 0.4) is 0 Å². The van der Waals surface area contributed by atoms with Crippen LogP contribution in [0, 0.1) is 5.41 Å². The highest BCUT2D eigenvalue weighted by molar-refractivity contribution is 6.06. The van der Waals surface area contributed by atoms with Crippen LogP contribution in [0.2, 0.25) is 0 Å². The molecule has 0 bridgehead atoms. The van der Waals surface area contributed by atoms with Crippen molar-refractivity contribution < 1.29 is 14.6 Å². The lowest BCUT2D eigenvalue weighted by Gasteiger charge is -2.56. The minimum atomic E-state index is -0.293. The van der Waals surface area contributed by atoms with Gasteiger partial charge in [-0.2, -0.15) is 0 Å². The lowest BCUT2D eigenvalue weighted by Crippen LogP contribution is -2.62. The van der Waals surface area contributed by atoms with Crippen molar-refractivity contribution in [2.45, 2.75) is 38.4 Å². The molecule has 5 nitrogen and oxygen atoms in total. The van der Waals surface area contributed by atoms with E-state index < -0.39 is 0 Å². The summed E-state index contributed by atoms with van der Waals surface area (Å²) in [6.07, 6.45) is 4.20. The number of hydrogen-bond acceptors (Lipinski definition) is 3. The van der Waals surface area contributed by atoms with Crippen molar-refractivity contribution in [3.8, 4) is 0 Å². The van der Waals surface area contributed by atoms with Crippen molar-refractivity contribution in [1.29, 1.82) is 0 Å². The molecule has 2 fully saturated rings. The van der Waals surface area contributed by atoms with Gasteiger partial charge in [-0.25, -0.2) is 0 Å². The van der Waals surface area contributed by atoms with Crippen LogP contribution in [0.4, 0.5) is 0 Å². The van der Waals surface area contributed by atoms with E-state index in [9.17, 15) is 9.90 Å². The van der Waals surface area contributed by atoms with Gasteiger partial charge in [0, 0.05) is 61.2 Å². The number of carbonyl (C=O) groups excluding carboxylic acids is 1. The van der Waals surface area contributed by atoms with E-state index in [4.69, 9.17) is 4.74 Å². The molecule has 1 aliphatic heterocycles. The van der Waals surface area contributed by atoms with Gasteiger partial charge in [-0.3, -0.25) is 4.79 Å². The van der Waals surface area contributed by atoms with Crippen LogP contribution >= 0.6 is 0 Å². The number of aliphatic hydroxyl groups excluding tert-OH is 1. The third-order valence-electron chi connectivity index (χ3n) is 6.25. The number of aryl methyl sites for hydroxylation is 1. The maximum absolute atomic E-state index is 13.1. The van der Waals surface area contributed by atoms with Crippen LogP contribution in [-0.2, 0) is 11.8 Å². The number of aromatic nitrogens is 1. The Labute approximate surface area is 148 Å². The van der Waals surface area contributed by atoms with Gasteiger partial charge in [0.2, 0.25) is 0 Å². The van der Waals surface area contributed by atoms with E-state index in [1.165, 1.54) is 0 Å². The number of fused-ring (bicyclic) bond motifs is 1. The zero-order chi connectivity index (χ0) is 17.6. The molecule has 2 heterocycles. The van der Waals surface area contributed by atoms with Crippen molar-refractivity contribution in [2.24, 2.45) is 12.5 Å². The number of carbonyl (C=O) groups is 1. The molecule has 2 aliphatic rings. The quantitative estimate of drug-likeness (QED) is 0.933. The van der Waals surface area contributed by atoms with Crippen LogP contribution in [0.1, 0.15) is 36.5 Å². The molecular formula is C20H26N2O3. The molecule has 4 rings (SSSR count). The summed E-state index contributed by atoms with van der Waals surface area (Å²) in [5, 5.41) is 11.3. The highest BCUT2D eigenvalue weighted by Gasteiger charge is 2.56. The van der Waals surface area contributed by atoms with Gasteiger partial charge in [-0.15, -0.1) is 0 Å². The molecular weight excluding hydrogens is 316 g/mol. The highest BCUT2D eigenvalue weighted by Crippen LogP contribution is 2.51. The molecule has 5 heteroatoms. The van der Waals surface area contributed by atoms with Crippen molar-refractivity contribution in [2.75, 3.05) is 19.7 Å². The first-order valence-electron chi connectivity index (χ1n) is 9.20. The normalized spacial score (nSPS) is 25.3. The summed E-state index contributed by atoms with van der Waals surface area (Å²) in [6, 6.07) is 7.90. The van der Waals surface area contributed by atoms with E-state index in [-0.39, 0.29) is 23.5 Å². The first-order valence-corrected chi connectivity index (χ1v) is 9.20. The second kappa shape index (κ2) is 6.15. The molecule has 0 radical (unpaired) electrons. The third-order valence-corrected chi connectivity index (χ3v) is 6.25. The molecule has 1 N–H and O–H groups in total. The number of ether oxygens (including phenoxy) is 1. The zero-order valence-corrected chi connectivity index (χ0v) is 14.9. The maximum Gasteiger partial charge on any atom is 0.254 e. The van der Waals surface area contributed by atoms with Gasteiger partial charge in [0.25, 0.3) is 5.91 Å².